The van der Waals surface area contributed by atoms with E-state index in [9.17, 15) is 4.79 Å². The molecule has 5 heteroatoms. The van der Waals surface area contributed by atoms with Crippen LogP contribution in [0.15, 0.2) is 47.5 Å². The molecular formula is C27H37N3O2. The summed E-state index contributed by atoms with van der Waals surface area (Å²) in [5, 5.41) is 0. The summed E-state index contributed by atoms with van der Waals surface area (Å²) in [5.74, 6) is 1.57. The van der Waals surface area contributed by atoms with Crippen molar-refractivity contribution < 1.29 is 4.74 Å². The molecule has 1 aliphatic carbocycles. The zero-order valence-corrected chi connectivity index (χ0v) is 19.5. The average molecular weight is 436 g/mol. The van der Waals surface area contributed by atoms with Gasteiger partial charge in [0.2, 0.25) is 0 Å². The minimum absolute atomic E-state index is 0.113. The zero-order chi connectivity index (χ0) is 22.2. The third-order valence-electron chi connectivity index (χ3n) is 6.68. The molecule has 1 fully saturated rings. The number of imidazole rings is 1. The lowest BCUT2D eigenvalue weighted by Crippen LogP contribution is -2.29. The quantitative estimate of drug-likeness (QED) is 0.388. The number of aromatic nitrogens is 3. The molecule has 5 nitrogen and oxygen atoms in total. The molecule has 0 bridgehead atoms. The molecule has 1 aromatic carbocycles. The van der Waals surface area contributed by atoms with Gasteiger partial charge in [-0.2, -0.15) is 0 Å². The zero-order valence-electron chi connectivity index (χ0n) is 19.5. The van der Waals surface area contributed by atoms with Gasteiger partial charge in [0, 0.05) is 38.1 Å². The van der Waals surface area contributed by atoms with E-state index >= 15 is 0 Å². The van der Waals surface area contributed by atoms with Gasteiger partial charge in [-0.05, 0) is 50.0 Å². The van der Waals surface area contributed by atoms with Gasteiger partial charge in [-0.15, -0.1) is 0 Å². The lowest BCUT2D eigenvalue weighted by Gasteiger charge is -2.24. The van der Waals surface area contributed by atoms with E-state index in [1.165, 1.54) is 37.7 Å². The molecule has 172 valence electrons. The van der Waals surface area contributed by atoms with Crippen molar-refractivity contribution in [2.24, 2.45) is 5.92 Å². The Morgan fingerprint density at radius 2 is 1.84 bits per heavy atom. The number of ether oxygens (including phenoxy) is 1. The topological polar surface area (TPSA) is 48.5 Å². The number of hydrogen-bond acceptors (Lipinski definition) is 3. The Balaban J connectivity index is 1.59. The van der Waals surface area contributed by atoms with Gasteiger partial charge in [0.05, 0.1) is 6.20 Å². The van der Waals surface area contributed by atoms with E-state index < -0.39 is 0 Å². The molecule has 2 heterocycles. The Hall–Kier alpha value is -2.40. The SMILES string of the molecule is CCCOCCCc1ncc2c(=O)n(CC3CCCCC3)c(CCc3ccccc3)cn12. The van der Waals surface area contributed by atoms with Gasteiger partial charge in [0.1, 0.15) is 11.3 Å². The first kappa shape index (κ1) is 22.8. The Morgan fingerprint density at radius 1 is 1.03 bits per heavy atom. The predicted molar refractivity (Wildman–Crippen MR) is 129 cm³/mol. The normalized spacial score (nSPS) is 14.9. The van der Waals surface area contributed by atoms with Crippen molar-refractivity contribution in [2.45, 2.75) is 77.7 Å². The molecule has 0 unspecified atom stereocenters. The van der Waals surface area contributed by atoms with Crippen molar-refractivity contribution in [3.8, 4) is 0 Å². The Kier molecular flexibility index (Phi) is 8.16. The third kappa shape index (κ3) is 5.69. The van der Waals surface area contributed by atoms with E-state index in [0.717, 1.165) is 63.4 Å². The molecule has 1 aliphatic rings. The number of nitrogens with zero attached hydrogens (tertiary/aromatic N) is 3. The van der Waals surface area contributed by atoms with Crippen LogP contribution in [-0.4, -0.2) is 27.2 Å². The lowest BCUT2D eigenvalue weighted by molar-refractivity contribution is 0.132. The van der Waals surface area contributed by atoms with Crippen LogP contribution in [0.4, 0.5) is 0 Å². The summed E-state index contributed by atoms with van der Waals surface area (Å²) in [6.07, 6.45) is 14.9. The van der Waals surface area contributed by atoms with Gasteiger partial charge >= 0.3 is 0 Å². The summed E-state index contributed by atoms with van der Waals surface area (Å²) < 4.78 is 9.73. The van der Waals surface area contributed by atoms with Gasteiger partial charge in [0.15, 0.2) is 0 Å². The summed E-state index contributed by atoms with van der Waals surface area (Å²) in [5.41, 5.74) is 3.25. The highest BCUT2D eigenvalue weighted by molar-refractivity contribution is 5.44. The fraction of sp³-hybridized carbons (Fsp3) is 0.556. The highest BCUT2D eigenvalue weighted by atomic mass is 16.5. The molecule has 0 amide bonds. The Morgan fingerprint density at radius 3 is 2.62 bits per heavy atom. The van der Waals surface area contributed by atoms with Gasteiger partial charge in [-0.1, -0.05) is 56.5 Å². The van der Waals surface area contributed by atoms with Crippen molar-refractivity contribution in [3.05, 3.63) is 70.2 Å². The molecule has 4 rings (SSSR count). The van der Waals surface area contributed by atoms with Crippen LogP contribution < -0.4 is 5.56 Å². The van der Waals surface area contributed by atoms with Gasteiger partial charge < -0.3 is 9.30 Å². The van der Waals surface area contributed by atoms with E-state index in [2.05, 4.69) is 53.0 Å². The summed E-state index contributed by atoms with van der Waals surface area (Å²) in [4.78, 5) is 18.2. The number of hydrogen-bond donors (Lipinski definition) is 0. The van der Waals surface area contributed by atoms with Crippen molar-refractivity contribution in [2.75, 3.05) is 13.2 Å². The first-order chi connectivity index (χ1) is 15.8. The Labute approximate surface area is 191 Å². The molecule has 32 heavy (non-hydrogen) atoms. The average Bonchev–Trinajstić information content (AvgIpc) is 3.24. The van der Waals surface area contributed by atoms with Crippen LogP contribution in [0.3, 0.4) is 0 Å². The molecule has 0 aliphatic heterocycles. The lowest BCUT2D eigenvalue weighted by atomic mass is 9.89. The van der Waals surface area contributed by atoms with Crippen LogP contribution in [-0.2, 0) is 30.5 Å². The monoisotopic (exact) mass is 435 g/mol. The summed E-state index contributed by atoms with van der Waals surface area (Å²) in [6.45, 7) is 4.50. The van der Waals surface area contributed by atoms with Crippen LogP contribution >= 0.6 is 0 Å². The third-order valence-corrected chi connectivity index (χ3v) is 6.68. The van der Waals surface area contributed by atoms with E-state index in [4.69, 9.17) is 4.74 Å². The fourth-order valence-corrected chi connectivity index (χ4v) is 4.90. The van der Waals surface area contributed by atoms with E-state index in [1.54, 1.807) is 6.20 Å². The highest BCUT2D eigenvalue weighted by Gasteiger charge is 2.19. The highest BCUT2D eigenvalue weighted by Crippen LogP contribution is 2.25. The minimum atomic E-state index is 0.113. The first-order valence-corrected chi connectivity index (χ1v) is 12.5. The Bertz CT molecular complexity index is 1030. The molecule has 3 aromatic rings. The first-order valence-electron chi connectivity index (χ1n) is 12.5. The smallest absolute Gasteiger partial charge is 0.276 e. The number of benzene rings is 1. The molecule has 0 N–H and O–H groups in total. The maximum Gasteiger partial charge on any atom is 0.276 e. The van der Waals surface area contributed by atoms with Crippen molar-refractivity contribution in [1.82, 2.24) is 14.0 Å². The molecule has 0 radical (unpaired) electrons. The molecule has 0 spiro atoms. The van der Waals surface area contributed by atoms with Crippen molar-refractivity contribution >= 4 is 5.52 Å². The minimum Gasteiger partial charge on any atom is -0.381 e. The maximum absolute atomic E-state index is 13.5. The van der Waals surface area contributed by atoms with Crippen molar-refractivity contribution in [1.29, 1.82) is 0 Å². The van der Waals surface area contributed by atoms with Crippen molar-refractivity contribution in [3.63, 3.8) is 0 Å². The number of fused-ring (bicyclic) bond motifs is 1. The maximum atomic E-state index is 13.5. The standard InChI is InChI=1S/C27H37N3O2/c1-2-17-32-18-9-14-26-28-19-25-27(31)29(20-23-12-7-4-8-13-23)24(21-30(25)26)16-15-22-10-5-3-6-11-22/h3,5-6,10-11,19,21,23H,2,4,7-9,12-18,20H2,1H3. The van der Waals surface area contributed by atoms with Crippen LogP contribution in [0.1, 0.15) is 69.0 Å². The largest absolute Gasteiger partial charge is 0.381 e. The van der Waals surface area contributed by atoms with Crippen LogP contribution in [0.2, 0.25) is 0 Å². The molecule has 0 atom stereocenters. The number of rotatable bonds is 11. The van der Waals surface area contributed by atoms with E-state index in [1.807, 2.05) is 4.40 Å². The summed E-state index contributed by atoms with van der Waals surface area (Å²) in [7, 11) is 0. The van der Waals surface area contributed by atoms with Gasteiger partial charge in [0.25, 0.3) is 5.56 Å². The fourth-order valence-electron chi connectivity index (χ4n) is 4.90. The second-order valence-corrected chi connectivity index (χ2v) is 9.17. The second-order valence-electron chi connectivity index (χ2n) is 9.17. The summed E-state index contributed by atoms with van der Waals surface area (Å²) in [6, 6.07) is 10.6. The second kappa shape index (κ2) is 11.5. The van der Waals surface area contributed by atoms with Crippen LogP contribution in [0.25, 0.3) is 5.52 Å². The van der Waals surface area contributed by atoms with Crippen LogP contribution in [0, 0.1) is 5.92 Å². The van der Waals surface area contributed by atoms with Crippen LogP contribution in [0.5, 0.6) is 0 Å². The summed E-state index contributed by atoms with van der Waals surface area (Å²) >= 11 is 0. The van der Waals surface area contributed by atoms with E-state index in [-0.39, 0.29) is 5.56 Å². The number of aryl methyl sites for hydroxylation is 3. The molecule has 2 aromatic heterocycles. The van der Waals surface area contributed by atoms with Gasteiger partial charge in [-0.3, -0.25) is 9.20 Å². The van der Waals surface area contributed by atoms with E-state index in [0.29, 0.717) is 11.4 Å². The molecule has 0 saturated heterocycles. The molecule has 1 saturated carbocycles. The predicted octanol–water partition coefficient (Wildman–Crippen LogP) is 5.22. The van der Waals surface area contributed by atoms with Gasteiger partial charge in [-0.25, -0.2) is 4.98 Å². The molecular weight excluding hydrogens is 398 g/mol.